The van der Waals surface area contributed by atoms with Crippen LogP contribution in [0.3, 0.4) is 0 Å². The zero-order chi connectivity index (χ0) is 10.5. The number of hydrogen-bond acceptors (Lipinski definition) is 2. The van der Waals surface area contributed by atoms with Crippen molar-refractivity contribution in [2.45, 2.75) is 39.2 Å². The highest BCUT2D eigenvalue weighted by Crippen LogP contribution is 2.50. The average molecular weight is 192 g/mol. The van der Waals surface area contributed by atoms with Crippen molar-refractivity contribution in [1.29, 1.82) is 0 Å². The van der Waals surface area contributed by atoms with Crippen molar-refractivity contribution in [3.05, 3.63) is 28.3 Å². The maximum Gasteiger partial charge on any atom is 0.125 e. The minimum Gasteiger partial charge on any atom is -0.507 e. The van der Waals surface area contributed by atoms with Crippen LogP contribution in [0.25, 0.3) is 0 Å². The van der Waals surface area contributed by atoms with Crippen LogP contribution in [0.5, 0.6) is 5.75 Å². The van der Waals surface area contributed by atoms with Gasteiger partial charge in [0.25, 0.3) is 0 Å². The number of hydrogen-bond donors (Lipinski definition) is 2. The average Bonchev–Trinajstić information content (AvgIpc) is 2.80. The molecule has 0 amide bonds. The molecule has 2 heteroatoms. The van der Waals surface area contributed by atoms with Crippen LogP contribution in [0.15, 0.2) is 6.07 Å². The van der Waals surface area contributed by atoms with Gasteiger partial charge in [0, 0.05) is 5.56 Å². The first-order valence-corrected chi connectivity index (χ1v) is 4.98. The van der Waals surface area contributed by atoms with Gasteiger partial charge in [-0.1, -0.05) is 6.07 Å². The number of phenolic OH excluding ortho intramolecular Hbond substituents is 1. The molecule has 0 heterocycles. The molecule has 0 atom stereocenters. The van der Waals surface area contributed by atoms with E-state index in [0.717, 1.165) is 35.1 Å². The molecule has 0 unspecified atom stereocenters. The first kappa shape index (κ1) is 9.53. The molecule has 1 aliphatic carbocycles. The van der Waals surface area contributed by atoms with Gasteiger partial charge in [0.1, 0.15) is 5.75 Å². The molecular weight excluding hydrogens is 176 g/mol. The Morgan fingerprint density at radius 2 is 1.71 bits per heavy atom. The Morgan fingerprint density at radius 3 is 2.21 bits per heavy atom. The van der Waals surface area contributed by atoms with Gasteiger partial charge in [0.15, 0.2) is 0 Å². The van der Waals surface area contributed by atoms with Crippen LogP contribution < -0.4 is 0 Å². The van der Waals surface area contributed by atoms with E-state index in [1.54, 1.807) is 0 Å². The van der Waals surface area contributed by atoms with Crippen LogP contribution in [0.2, 0.25) is 0 Å². The summed E-state index contributed by atoms with van der Waals surface area (Å²) in [7, 11) is 0. The molecule has 1 aromatic rings. The molecule has 0 saturated heterocycles. The van der Waals surface area contributed by atoms with Gasteiger partial charge in [0.2, 0.25) is 0 Å². The van der Waals surface area contributed by atoms with E-state index in [4.69, 9.17) is 0 Å². The van der Waals surface area contributed by atoms with Crippen LogP contribution in [-0.4, -0.2) is 10.2 Å². The van der Waals surface area contributed by atoms with Crippen molar-refractivity contribution in [3.63, 3.8) is 0 Å². The summed E-state index contributed by atoms with van der Waals surface area (Å²) < 4.78 is 0. The van der Waals surface area contributed by atoms with Crippen LogP contribution in [0.1, 0.15) is 35.1 Å². The number of aromatic hydroxyl groups is 1. The molecule has 2 N–H and O–H groups in total. The minimum atomic E-state index is -0.743. The van der Waals surface area contributed by atoms with Gasteiger partial charge in [-0.3, -0.25) is 0 Å². The van der Waals surface area contributed by atoms with E-state index in [9.17, 15) is 10.2 Å². The van der Waals surface area contributed by atoms with E-state index in [0.29, 0.717) is 0 Å². The molecule has 76 valence electrons. The van der Waals surface area contributed by atoms with E-state index in [1.165, 1.54) is 0 Å². The lowest BCUT2D eigenvalue weighted by atomic mass is 9.94. The summed E-state index contributed by atoms with van der Waals surface area (Å²) in [6, 6.07) is 2.03. The summed E-state index contributed by atoms with van der Waals surface area (Å²) in [6.07, 6.45) is 1.54. The molecule has 2 nitrogen and oxygen atoms in total. The smallest absolute Gasteiger partial charge is 0.125 e. The van der Waals surface area contributed by atoms with Crippen molar-refractivity contribution in [1.82, 2.24) is 0 Å². The van der Waals surface area contributed by atoms with Gasteiger partial charge in [-0.15, -0.1) is 0 Å². The summed E-state index contributed by atoms with van der Waals surface area (Å²) in [5, 5.41) is 20.0. The summed E-state index contributed by atoms with van der Waals surface area (Å²) in [5.41, 5.74) is 2.94. The van der Waals surface area contributed by atoms with Gasteiger partial charge in [-0.25, -0.2) is 0 Å². The lowest BCUT2D eigenvalue weighted by molar-refractivity contribution is 0.147. The summed E-state index contributed by atoms with van der Waals surface area (Å²) >= 11 is 0. The molecule has 1 saturated carbocycles. The SMILES string of the molecule is Cc1cc(C)c(C2(O)CC2)c(O)c1C. The molecular formula is C12H16O2. The van der Waals surface area contributed by atoms with E-state index >= 15 is 0 Å². The highest BCUT2D eigenvalue weighted by Gasteiger charge is 2.45. The molecule has 14 heavy (non-hydrogen) atoms. The van der Waals surface area contributed by atoms with Crippen molar-refractivity contribution >= 4 is 0 Å². The molecule has 0 aliphatic heterocycles. The van der Waals surface area contributed by atoms with Crippen molar-refractivity contribution in [2.75, 3.05) is 0 Å². The monoisotopic (exact) mass is 192 g/mol. The molecule has 0 aromatic heterocycles. The third-order valence-corrected chi connectivity index (χ3v) is 3.20. The maximum atomic E-state index is 10.0. The summed E-state index contributed by atoms with van der Waals surface area (Å²) in [5.74, 6) is 0.280. The van der Waals surface area contributed by atoms with Gasteiger partial charge < -0.3 is 10.2 Å². The first-order valence-electron chi connectivity index (χ1n) is 4.98. The normalized spacial score (nSPS) is 18.3. The molecule has 1 aromatic carbocycles. The second kappa shape index (κ2) is 2.74. The number of benzene rings is 1. The molecule has 1 aliphatic rings. The Morgan fingerprint density at radius 1 is 1.14 bits per heavy atom. The first-order chi connectivity index (χ1) is 6.46. The Kier molecular flexibility index (Phi) is 1.86. The second-order valence-electron chi connectivity index (χ2n) is 4.39. The van der Waals surface area contributed by atoms with E-state index in [1.807, 2.05) is 26.8 Å². The van der Waals surface area contributed by atoms with E-state index in [2.05, 4.69) is 0 Å². The Hall–Kier alpha value is -1.02. The zero-order valence-electron chi connectivity index (χ0n) is 8.89. The predicted octanol–water partition coefficient (Wildman–Crippen LogP) is 2.30. The fourth-order valence-corrected chi connectivity index (χ4v) is 2.02. The third-order valence-electron chi connectivity index (χ3n) is 3.20. The van der Waals surface area contributed by atoms with Crippen LogP contribution in [-0.2, 0) is 5.60 Å². The van der Waals surface area contributed by atoms with Crippen molar-refractivity contribution in [2.24, 2.45) is 0 Å². The number of rotatable bonds is 1. The van der Waals surface area contributed by atoms with Crippen LogP contribution >= 0.6 is 0 Å². The molecule has 0 radical (unpaired) electrons. The molecule has 2 rings (SSSR count). The third kappa shape index (κ3) is 1.22. The summed E-state index contributed by atoms with van der Waals surface area (Å²) in [6.45, 7) is 5.81. The van der Waals surface area contributed by atoms with E-state index in [-0.39, 0.29) is 5.75 Å². The standard InChI is InChI=1S/C12H16O2/c1-7-6-8(2)10(11(13)9(7)3)12(14)4-5-12/h6,13-14H,4-5H2,1-3H3. The fourth-order valence-electron chi connectivity index (χ4n) is 2.02. The summed E-state index contributed by atoms with van der Waals surface area (Å²) in [4.78, 5) is 0. The Labute approximate surface area is 84.2 Å². The number of aryl methyl sites for hydroxylation is 2. The van der Waals surface area contributed by atoms with Crippen LogP contribution in [0.4, 0.5) is 0 Å². The number of aliphatic hydroxyl groups is 1. The number of phenols is 1. The molecule has 1 fully saturated rings. The van der Waals surface area contributed by atoms with Gasteiger partial charge in [-0.2, -0.15) is 0 Å². The van der Waals surface area contributed by atoms with Gasteiger partial charge in [-0.05, 0) is 50.3 Å². The zero-order valence-corrected chi connectivity index (χ0v) is 8.89. The molecule has 0 bridgehead atoms. The largest absolute Gasteiger partial charge is 0.507 e. The van der Waals surface area contributed by atoms with Crippen LogP contribution in [0, 0.1) is 20.8 Å². The molecule has 0 spiro atoms. The topological polar surface area (TPSA) is 40.5 Å². The lowest BCUT2D eigenvalue weighted by Gasteiger charge is -2.17. The highest BCUT2D eigenvalue weighted by atomic mass is 16.3. The Balaban J connectivity index is 2.65. The van der Waals surface area contributed by atoms with E-state index < -0.39 is 5.60 Å². The maximum absolute atomic E-state index is 10.0. The Bertz CT molecular complexity index is 390. The quantitative estimate of drug-likeness (QED) is 0.716. The second-order valence-corrected chi connectivity index (χ2v) is 4.39. The minimum absolute atomic E-state index is 0.280. The van der Waals surface area contributed by atoms with Crippen molar-refractivity contribution < 1.29 is 10.2 Å². The lowest BCUT2D eigenvalue weighted by Crippen LogP contribution is -2.08. The predicted molar refractivity (Wildman–Crippen MR) is 55.4 cm³/mol. The van der Waals surface area contributed by atoms with Gasteiger partial charge >= 0.3 is 0 Å². The fraction of sp³-hybridized carbons (Fsp3) is 0.500. The van der Waals surface area contributed by atoms with Gasteiger partial charge in [0.05, 0.1) is 5.60 Å². The van der Waals surface area contributed by atoms with Crippen molar-refractivity contribution in [3.8, 4) is 5.75 Å². The highest BCUT2D eigenvalue weighted by molar-refractivity contribution is 5.52.